The average molecular weight is 375 g/mol. The molecular weight excluding hydrogens is 353 g/mol. The van der Waals surface area contributed by atoms with E-state index in [0.717, 1.165) is 17.1 Å². The maximum absolute atomic E-state index is 12.8. The van der Waals surface area contributed by atoms with E-state index in [1.165, 1.54) is 12.1 Å². The molecule has 0 spiro atoms. The molecule has 0 atom stereocenters. The molecule has 138 valence electrons. The first-order chi connectivity index (χ1) is 12.6. The molecular formula is C20H22FNO3S. The zero-order valence-corrected chi connectivity index (χ0v) is 15.5. The molecule has 0 aliphatic rings. The van der Waals surface area contributed by atoms with Crippen molar-refractivity contribution in [3.8, 4) is 5.75 Å². The zero-order valence-electron chi connectivity index (χ0n) is 14.7. The van der Waals surface area contributed by atoms with Crippen LogP contribution in [-0.2, 0) is 4.79 Å². The number of hydrogen-bond acceptors (Lipinski definition) is 4. The molecule has 1 N–H and O–H groups in total. The van der Waals surface area contributed by atoms with Gasteiger partial charge >= 0.3 is 0 Å². The molecule has 0 saturated carbocycles. The molecule has 4 nitrogen and oxygen atoms in total. The molecule has 26 heavy (non-hydrogen) atoms. The van der Waals surface area contributed by atoms with Crippen LogP contribution in [0.4, 0.5) is 4.39 Å². The molecule has 2 rings (SSSR count). The largest absolute Gasteiger partial charge is 0.484 e. The second kappa shape index (κ2) is 10.6. The first kappa shape index (κ1) is 20.0. The fourth-order valence-corrected chi connectivity index (χ4v) is 3.01. The highest BCUT2D eigenvalue weighted by molar-refractivity contribution is 7.99. The van der Waals surface area contributed by atoms with E-state index < -0.39 is 0 Å². The van der Waals surface area contributed by atoms with Crippen LogP contribution in [-0.4, -0.2) is 30.6 Å². The number of nitrogens with one attached hydrogen (secondary N) is 1. The number of ketones is 1. The molecule has 0 aromatic heterocycles. The highest BCUT2D eigenvalue weighted by atomic mass is 32.2. The molecule has 0 heterocycles. The monoisotopic (exact) mass is 375 g/mol. The van der Waals surface area contributed by atoms with Crippen molar-refractivity contribution in [3.63, 3.8) is 0 Å². The van der Waals surface area contributed by atoms with E-state index in [0.29, 0.717) is 24.3 Å². The van der Waals surface area contributed by atoms with Crippen molar-refractivity contribution in [3.05, 3.63) is 59.9 Å². The van der Waals surface area contributed by atoms with Gasteiger partial charge in [-0.2, -0.15) is 0 Å². The van der Waals surface area contributed by atoms with Gasteiger partial charge in [-0.15, -0.1) is 11.8 Å². The summed E-state index contributed by atoms with van der Waals surface area (Å²) in [5.74, 6) is 1.03. The highest BCUT2D eigenvalue weighted by Crippen LogP contribution is 2.18. The second-order valence-corrected chi connectivity index (χ2v) is 6.76. The lowest BCUT2D eigenvalue weighted by molar-refractivity contribution is -0.123. The summed E-state index contributed by atoms with van der Waals surface area (Å²) in [5, 5.41) is 2.80. The summed E-state index contributed by atoms with van der Waals surface area (Å²) >= 11 is 1.62. The van der Waals surface area contributed by atoms with Crippen molar-refractivity contribution in [2.45, 2.75) is 24.7 Å². The lowest BCUT2D eigenvalue weighted by Gasteiger charge is -2.08. The van der Waals surface area contributed by atoms with Crippen LogP contribution in [0.5, 0.6) is 5.75 Å². The number of carbonyl (C=O) groups is 2. The number of carbonyl (C=O) groups excluding carboxylic acids is 2. The Hall–Kier alpha value is -2.34. The number of rotatable bonds is 10. The smallest absolute Gasteiger partial charge is 0.257 e. The topological polar surface area (TPSA) is 55.4 Å². The van der Waals surface area contributed by atoms with Gasteiger partial charge in [0.2, 0.25) is 0 Å². The van der Waals surface area contributed by atoms with Crippen LogP contribution < -0.4 is 10.1 Å². The van der Waals surface area contributed by atoms with Gasteiger partial charge < -0.3 is 10.1 Å². The third kappa shape index (κ3) is 6.88. The quantitative estimate of drug-likeness (QED) is 0.386. The number of benzene rings is 2. The van der Waals surface area contributed by atoms with Gasteiger partial charge in [0.25, 0.3) is 5.91 Å². The van der Waals surface area contributed by atoms with Gasteiger partial charge in [0.15, 0.2) is 12.4 Å². The fraction of sp³-hybridized carbons (Fsp3) is 0.300. The van der Waals surface area contributed by atoms with Crippen molar-refractivity contribution in [1.82, 2.24) is 5.32 Å². The third-order valence-corrected chi connectivity index (χ3v) is 4.69. The summed E-state index contributed by atoms with van der Waals surface area (Å²) in [4.78, 5) is 24.3. The van der Waals surface area contributed by atoms with Crippen LogP contribution >= 0.6 is 11.8 Å². The Morgan fingerprint density at radius 3 is 2.42 bits per heavy atom. The van der Waals surface area contributed by atoms with Crippen LogP contribution in [0.1, 0.15) is 30.1 Å². The first-order valence-corrected chi connectivity index (χ1v) is 9.48. The fourth-order valence-electron chi connectivity index (χ4n) is 2.16. The van der Waals surface area contributed by atoms with E-state index in [9.17, 15) is 14.0 Å². The summed E-state index contributed by atoms with van der Waals surface area (Å²) in [6.07, 6.45) is 1.27. The van der Waals surface area contributed by atoms with Gasteiger partial charge in [-0.05, 0) is 60.7 Å². The van der Waals surface area contributed by atoms with Crippen LogP contribution in [0.15, 0.2) is 53.4 Å². The number of hydrogen-bond donors (Lipinski definition) is 1. The van der Waals surface area contributed by atoms with Gasteiger partial charge in [-0.25, -0.2) is 4.39 Å². The van der Waals surface area contributed by atoms with Crippen molar-refractivity contribution in [1.29, 1.82) is 0 Å². The minimum atomic E-state index is -0.242. The molecule has 0 radical (unpaired) electrons. The number of halogens is 1. The number of amides is 1. The van der Waals surface area contributed by atoms with Gasteiger partial charge in [-0.1, -0.05) is 6.92 Å². The van der Waals surface area contributed by atoms with E-state index in [1.54, 1.807) is 48.2 Å². The van der Waals surface area contributed by atoms with Crippen molar-refractivity contribution in [2.24, 2.45) is 0 Å². The Labute approximate surface area is 157 Å². The van der Waals surface area contributed by atoms with Gasteiger partial charge in [0, 0.05) is 23.4 Å². The highest BCUT2D eigenvalue weighted by Gasteiger charge is 2.05. The van der Waals surface area contributed by atoms with E-state index in [1.807, 2.05) is 6.92 Å². The van der Waals surface area contributed by atoms with Crippen LogP contribution in [0, 0.1) is 5.82 Å². The number of thioether (sulfide) groups is 1. The molecule has 0 aliphatic carbocycles. The number of Topliss-reactive ketones (excluding diaryl/α,β-unsaturated/α-hetero) is 1. The van der Waals surface area contributed by atoms with Gasteiger partial charge in [0.1, 0.15) is 11.6 Å². The lowest BCUT2D eigenvalue weighted by atomic mass is 10.1. The first-order valence-electron chi connectivity index (χ1n) is 8.49. The molecule has 2 aromatic carbocycles. The third-order valence-electron chi connectivity index (χ3n) is 3.59. The Kier molecular flexibility index (Phi) is 8.15. The molecule has 6 heteroatoms. The van der Waals surface area contributed by atoms with Crippen LogP contribution in [0.25, 0.3) is 0 Å². The number of ether oxygens (including phenoxy) is 1. The van der Waals surface area contributed by atoms with Gasteiger partial charge in [0.05, 0.1) is 0 Å². The summed E-state index contributed by atoms with van der Waals surface area (Å²) in [6, 6.07) is 13.1. The Bertz CT molecular complexity index is 717. The minimum Gasteiger partial charge on any atom is -0.484 e. The SMILES string of the molecule is CCC(=O)c1ccc(OCC(=O)NCCCSc2ccc(F)cc2)cc1. The normalized spacial score (nSPS) is 10.4. The Morgan fingerprint density at radius 1 is 1.08 bits per heavy atom. The standard InChI is InChI=1S/C20H22FNO3S/c1-2-19(23)15-4-8-17(9-5-15)25-14-20(24)22-12-3-13-26-18-10-6-16(21)7-11-18/h4-11H,2-3,12-14H2,1H3,(H,22,24). The van der Waals surface area contributed by atoms with E-state index in [4.69, 9.17) is 4.74 Å². The summed E-state index contributed by atoms with van der Waals surface area (Å²) in [5.41, 5.74) is 0.642. The van der Waals surface area contributed by atoms with E-state index in [2.05, 4.69) is 5.32 Å². The van der Waals surface area contributed by atoms with Crippen LogP contribution in [0.3, 0.4) is 0 Å². The maximum atomic E-state index is 12.8. The molecule has 0 fully saturated rings. The summed E-state index contributed by atoms with van der Waals surface area (Å²) < 4.78 is 18.2. The predicted molar refractivity (Wildman–Crippen MR) is 101 cm³/mol. The van der Waals surface area contributed by atoms with E-state index in [-0.39, 0.29) is 24.1 Å². The van der Waals surface area contributed by atoms with Crippen LogP contribution in [0.2, 0.25) is 0 Å². The lowest BCUT2D eigenvalue weighted by Crippen LogP contribution is -2.29. The predicted octanol–water partition coefficient (Wildman–Crippen LogP) is 4.10. The zero-order chi connectivity index (χ0) is 18.8. The molecule has 0 aliphatic heterocycles. The summed E-state index contributed by atoms with van der Waals surface area (Å²) in [6.45, 7) is 2.31. The van der Waals surface area contributed by atoms with Crippen molar-refractivity contribution < 1.29 is 18.7 Å². The molecule has 1 amide bonds. The second-order valence-electron chi connectivity index (χ2n) is 5.60. The van der Waals surface area contributed by atoms with E-state index >= 15 is 0 Å². The van der Waals surface area contributed by atoms with Crippen molar-refractivity contribution in [2.75, 3.05) is 18.9 Å². The molecule has 0 unspecified atom stereocenters. The average Bonchev–Trinajstić information content (AvgIpc) is 2.67. The minimum absolute atomic E-state index is 0.0633. The Morgan fingerprint density at radius 2 is 1.77 bits per heavy atom. The Balaban J connectivity index is 1.60. The molecule has 0 saturated heterocycles. The maximum Gasteiger partial charge on any atom is 0.257 e. The van der Waals surface area contributed by atoms with Crippen molar-refractivity contribution >= 4 is 23.5 Å². The molecule has 2 aromatic rings. The summed E-state index contributed by atoms with van der Waals surface area (Å²) in [7, 11) is 0. The molecule has 0 bridgehead atoms. The van der Waals surface area contributed by atoms with Gasteiger partial charge in [-0.3, -0.25) is 9.59 Å².